The van der Waals surface area contributed by atoms with E-state index in [9.17, 15) is 18.0 Å². The van der Waals surface area contributed by atoms with Gasteiger partial charge < -0.3 is 19.7 Å². The predicted octanol–water partition coefficient (Wildman–Crippen LogP) is 2.18. The number of hydrogen-bond acceptors (Lipinski definition) is 6. The molecule has 3 rings (SSSR count). The minimum Gasteiger partial charge on any atom is -0.497 e. The first-order valence-corrected chi connectivity index (χ1v) is 11.9. The van der Waals surface area contributed by atoms with Gasteiger partial charge in [-0.1, -0.05) is 12.1 Å². The lowest BCUT2D eigenvalue weighted by Crippen LogP contribution is -2.34. The highest BCUT2D eigenvalue weighted by Gasteiger charge is 2.37. The molecule has 0 saturated carbocycles. The fraction of sp³-hybridized carbons (Fsp3) is 0.391. The highest BCUT2D eigenvalue weighted by molar-refractivity contribution is 7.89. The molecule has 178 valence electrons. The van der Waals surface area contributed by atoms with E-state index in [0.29, 0.717) is 17.2 Å². The molecule has 1 aliphatic heterocycles. The van der Waals surface area contributed by atoms with Gasteiger partial charge >= 0.3 is 0 Å². The third-order valence-electron chi connectivity index (χ3n) is 5.69. The lowest BCUT2D eigenvalue weighted by Gasteiger charge is -2.21. The van der Waals surface area contributed by atoms with Crippen molar-refractivity contribution in [3.8, 4) is 11.5 Å². The monoisotopic (exact) mass is 475 g/mol. The van der Waals surface area contributed by atoms with Gasteiger partial charge in [-0.15, -0.1) is 0 Å². The molecule has 1 N–H and O–H groups in total. The molecule has 1 aliphatic rings. The molecule has 33 heavy (non-hydrogen) atoms. The third kappa shape index (κ3) is 5.12. The number of amides is 2. The maximum Gasteiger partial charge on any atom is 0.242 e. The van der Waals surface area contributed by atoms with Crippen LogP contribution in [0.1, 0.15) is 24.9 Å². The van der Waals surface area contributed by atoms with Crippen molar-refractivity contribution in [2.75, 3.05) is 39.8 Å². The Morgan fingerprint density at radius 1 is 1.12 bits per heavy atom. The topological polar surface area (TPSA) is 105 Å². The van der Waals surface area contributed by atoms with Crippen LogP contribution in [0.25, 0.3) is 0 Å². The fourth-order valence-corrected chi connectivity index (χ4v) is 4.58. The summed E-state index contributed by atoms with van der Waals surface area (Å²) in [5.41, 5.74) is 1.32. The number of sulfonamides is 1. The van der Waals surface area contributed by atoms with Gasteiger partial charge in [-0.2, -0.15) is 0 Å². The molecule has 0 bridgehead atoms. The zero-order chi connectivity index (χ0) is 24.3. The van der Waals surface area contributed by atoms with Crippen LogP contribution in [0.5, 0.6) is 11.5 Å². The van der Waals surface area contributed by atoms with Crippen molar-refractivity contribution in [3.63, 3.8) is 0 Å². The van der Waals surface area contributed by atoms with E-state index in [1.165, 1.54) is 45.3 Å². The molecule has 1 heterocycles. The van der Waals surface area contributed by atoms with Crippen LogP contribution in [-0.2, 0) is 19.6 Å². The lowest BCUT2D eigenvalue weighted by atomic mass is 10.1. The first kappa shape index (κ1) is 24.5. The minimum atomic E-state index is -3.52. The number of nitrogens with one attached hydrogen (secondary N) is 1. The number of carbonyl (C=O) groups excluding carboxylic acids is 2. The van der Waals surface area contributed by atoms with Crippen molar-refractivity contribution in [2.45, 2.75) is 24.3 Å². The van der Waals surface area contributed by atoms with Crippen molar-refractivity contribution in [3.05, 3.63) is 48.0 Å². The largest absolute Gasteiger partial charge is 0.497 e. The van der Waals surface area contributed by atoms with Crippen molar-refractivity contribution < 1.29 is 27.5 Å². The molecule has 2 unspecified atom stereocenters. The van der Waals surface area contributed by atoms with E-state index in [4.69, 9.17) is 9.47 Å². The van der Waals surface area contributed by atoms with Crippen LogP contribution in [-0.4, -0.2) is 59.4 Å². The Kier molecular flexibility index (Phi) is 7.28. The molecule has 1 fully saturated rings. The van der Waals surface area contributed by atoms with Gasteiger partial charge in [-0.05, 0) is 36.8 Å². The number of methoxy groups -OCH3 is 2. The molecule has 10 heteroatoms. The van der Waals surface area contributed by atoms with E-state index in [1.54, 1.807) is 30.3 Å². The third-order valence-corrected chi connectivity index (χ3v) is 7.52. The number of nitrogens with zero attached hydrogens (tertiary/aromatic N) is 2. The van der Waals surface area contributed by atoms with Gasteiger partial charge in [0.25, 0.3) is 0 Å². The molecule has 0 radical (unpaired) electrons. The number of rotatable bonds is 8. The van der Waals surface area contributed by atoms with Crippen molar-refractivity contribution in [1.82, 2.24) is 9.62 Å². The molecule has 2 aromatic carbocycles. The smallest absolute Gasteiger partial charge is 0.242 e. The fourth-order valence-electron chi connectivity index (χ4n) is 3.68. The zero-order valence-electron chi connectivity index (χ0n) is 19.4. The van der Waals surface area contributed by atoms with Crippen molar-refractivity contribution >= 4 is 27.5 Å². The summed E-state index contributed by atoms with van der Waals surface area (Å²) in [6, 6.07) is 11.2. The predicted molar refractivity (Wildman–Crippen MR) is 124 cm³/mol. The summed E-state index contributed by atoms with van der Waals surface area (Å²) in [5.74, 6) is 0.160. The van der Waals surface area contributed by atoms with E-state index in [1.807, 2.05) is 6.92 Å². The molecule has 2 atom stereocenters. The highest BCUT2D eigenvalue weighted by atomic mass is 32.2. The quantitative estimate of drug-likeness (QED) is 0.628. The Morgan fingerprint density at radius 2 is 1.79 bits per heavy atom. The van der Waals surface area contributed by atoms with Crippen LogP contribution >= 0.6 is 0 Å². The Morgan fingerprint density at radius 3 is 2.36 bits per heavy atom. The van der Waals surface area contributed by atoms with E-state index in [0.717, 1.165) is 9.87 Å². The number of anilines is 1. The lowest BCUT2D eigenvalue weighted by molar-refractivity contribution is -0.126. The van der Waals surface area contributed by atoms with Gasteiger partial charge in [-0.25, -0.2) is 12.7 Å². The van der Waals surface area contributed by atoms with E-state index < -0.39 is 15.9 Å². The summed E-state index contributed by atoms with van der Waals surface area (Å²) in [7, 11) is 2.48. The Balaban J connectivity index is 1.70. The summed E-state index contributed by atoms with van der Waals surface area (Å²) in [4.78, 5) is 27.3. The van der Waals surface area contributed by atoms with Gasteiger partial charge in [0, 0.05) is 33.1 Å². The maximum atomic E-state index is 12.9. The zero-order valence-corrected chi connectivity index (χ0v) is 20.2. The number of ether oxygens (including phenoxy) is 2. The van der Waals surface area contributed by atoms with Gasteiger partial charge in [0.15, 0.2) is 0 Å². The first-order valence-electron chi connectivity index (χ1n) is 10.4. The molecule has 0 aliphatic carbocycles. The van der Waals surface area contributed by atoms with Crippen LogP contribution < -0.4 is 19.7 Å². The van der Waals surface area contributed by atoms with E-state index >= 15 is 0 Å². The van der Waals surface area contributed by atoms with Crippen molar-refractivity contribution in [2.24, 2.45) is 5.92 Å². The molecule has 0 aromatic heterocycles. The van der Waals surface area contributed by atoms with Gasteiger partial charge in [0.2, 0.25) is 21.8 Å². The number of carbonyl (C=O) groups is 2. The molecule has 9 nitrogen and oxygen atoms in total. The van der Waals surface area contributed by atoms with Crippen LogP contribution in [0.2, 0.25) is 0 Å². The summed E-state index contributed by atoms with van der Waals surface area (Å²) >= 11 is 0. The van der Waals surface area contributed by atoms with Crippen LogP contribution in [0.15, 0.2) is 47.4 Å². The minimum absolute atomic E-state index is 0.0823. The molecule has 2 aromatic rings. The van der Waals surface area contributed by atoms with E-state index in [-0.39, 0.29) is 35.7 Å². The Hall–Kier alpha value is -3.11. The van der Waals surface area contributed by atoms with Gasteiger partial charge in [-0.3, -0.25) is 9.59 Å². The standard InChI is InChI=1S/C23H29N3O6S/c1-15(16-6-9-19(10-7-16)33(29,30)25(2)3)24-23(28)17-12-22(27)26(14-17)20-13-18(31-4)8-11-21(20)32-5/h6-11,13,15,17H,12,14H2,1-5H3,(H,24,28). The summed E-state index contributed by atoms with van der Waals surface area (Å²) in [6.45, 7) is 2.04. The normalized spacial score (nSPS) is 17.2. The second-order valence-corrected chi connectivity index (χ2v) is 10.2. The van der Waals surface area contributed by atoms with Gasteiger partial charge in [0.1, 0.15) is 11.5 Å². The summed E-state index contributed by atoms with van der Waals surface area (Å²) < 4.78 is 36.2. The second kappa shape index (κ2) is 9.80. The molecular formula is C23H29N3O6S. The highest BCUT2D eigenvalue weighted by Crippen LogP contribution is 2.36. The summed E-state index contributed by atoms with van der Waals surface area (Å²) in [5, 5.41) is 2.93. The van der Waals surface area contributed by atoms with Crippen LogP contribution in [0.4, 0.5) is 5.69 Å². The van der Waals surface area contributed by atoms with Crippen molar-refractivity contribution in [1.29, 1.82) is 0 Å². The summed E-state index contributed by atoms with van der Waals surface area (Å²) in [6.07, 6.45) is 0.0823. The van der Waals surface area contributed by atoms with E-state index in [2.05, 4.69) is 5.32 Å². The maximum absolute atomic E-state index is 12.9. The Bertz CT molecular complexity index is 1130. The molecule has 1 saturated heterocycles. The molecule has 0 spiro atoms. The average molecular weight is 476 g/mol. The number of hydrogen-bond donors (Lipinski definition) is 1. The van der Waals surface area contributed by atoms with Gasteiger partial charge in [0.05, 0.1) is 36.8 Å². The van der Waals surface area contributed by atoms with Crippen LogP contribution in [0.3, 0.4) is 0 Å². The average Bonchev–Trinajstić information content (AvgIpc) is 3.20. The Labute approximate surface area is 194 Å². The number of benzene rings is 2. The second-order valence-electron chi connectivity index (χ2n) is 8.03. The molecular weight excluding hydrogens is 446 g/mol. The SMILES string of the molecule is COc1ccc(OC)c(N2CC(C(=O)NC(C)c3ccc(S(=O)(=O)N(C)C)cc3)CC2=O)c1. The molecule has 2 amide bonds. The van der Waals surface area contributed by atoms with Crippen LogP contribution in [0, 0.1) is 5.92 Å². The first-order chi connectivity index (χ1) is 15.6.